The van der Waals surface area contributed by atoms with E-state index in [1.165, 1.54) is 26.0 Å². The number of benzene rings is 1. The van der Waals surface area contributed by atoms with Crippen molar-refractivity contribution in [3.8, 4) is 12.1 Å². The van der Waals surface area contributed by atoms with Gasteiger partial charge in [-0.1, -0.05) is 11.6 Å². The number of rotatable bonds is 3. The lowest BCUT2D eigenvalue weighted by atomic mass is 10.1. The quantitative estimate of drug-likeness (QED) is 0.915. The molecule has 0 heterocycles. The number of nitrogens with one attached hydrogen (secondary N) is 1. The summed E-state index contributed by atoms with van der Waals surface area (Å²) in [5.74, 6) is 0. The average molecular weight is 284 g/mol. The van der Waals surface area contributed by atoms with Crippen LogP contribution >= 0.6 is 11.6 Å². The van der Waals surface area contributed by atoms with Crippen molar-refractivity contribution < 1.29 is 8.42 Å². The maximum absolute atomic E-state index is 12.0. The molecule has 0 unspecified atom stereocenters. The minimum absolute atomic E-state index is 0.00441. The first-order chi connectivity index (χ1) is 8.22. The molecule has 0 fully saturated rings. The summed E-state index contributed by atoms with van der Waals surface area (Å²) < 4.78 is 26.3. The largest absolute Gasteiger partial charge is 0.243 e. The highest BCUT2D eigenvalue weighted by Crippen LogP contribution is 2.23. The molecule has 18 heavy (non-hydrogen) atoms. The lowest BCUT2D eigenvalue weighted by molar-refractivity contribution is 0.536. The predicted molar refractivity (Wildman–Crippen MR) is 66.2 cm³/mol. The van der Waals surface area contributed by atoms with Gasteiger partial charge in [0, 0.05) is 0 Å². The molecule has 1 aromatic rings. The van der Waals surface area contributed by atoms with Crippen molar-refractivity contribution >= 4 is 21.6 Å². The molecule has 0 aliphatic rings. The topological polar surface area (TPSA) is 93.8 Å². The molecule has 0 amide bonds. The third-order valence-electron chi connectivity index (χ3n) is 2.02. The smallest absolute Gasteiger partial charge is 0.207 e. The normalized spacial score (nSPS) is 11.6. The fraction of sp³-hybridized carbons (Fsp3) is 0.273. The number of nitriles is 2. The minimum atomic E-state index is -3.95. The molecule has 94 valence electrons. The molecule has 0 saturated heterocycles. The van der Waals surface area contributed by atoms with E-state index in [1.807, 2.05) is 12.1 Å². The van der Waals surface area contributed by atoms with Gasteiger partial charge in [0.15, 0.2) is 0 Å². The summed E-state index contributed by atoms with van der Waals surface area (Å²) >= 11 is 5.80. The third-order valence-corrected chi connectivity index (χ3v) is 4.16. The number of nitrogens with zero attached hydrogens (tertiary/aromatic N) is 2. The van der Waals surface area contributed by atoms with Gasteiger partial charge in [0.2, 0.25) is 10.0 Å². The molecular formula is C11H10ClN3O2S. The van der Waals surface area contributed by atoms with Crippen molar-refractivity contribution in [2.45, 2.75) is 24.3 Å². The Morgan fingerprint density at radius 1 is 1.33 bits per heavy atom. The van der Waals surface area contributed by atoms with Crippen LogP contribution in [0.5, 0.6) is 0 Å². The van der Waals surface area contributed by atoms with Crippen LogP contribution in [0.25, 0.3) is 0 Å². The van der Waals surface area contributed by atoms with E-state index in [1.54, 1.807) is 0 Å². The molecule has 0 saturated carbocycles. The van der Waals surface area contributed by atoms with Crippen LogP contribution in [0.3, 0.4) is 0 Å². The van der Waals surface area contributed by atoms with Gasteiger partial charge < -0.3 is 0 Å². The van der Waals surface area contributed by atoms with Crippen molar-refractivity contribution in [1.29, 1.82) is 10.5 Å². The summed E-state index contributed by atoms with van der Waals surface area (Å²) in [5.41, 5.74) is -1.08. The average Bonchev–Trinajstić information content (AvgIpc) is 2.28. The zero-order chi connectivity index (χ0) is 14.0. The van der Waals surface area contributed by atoms with E-state index >= 15 is 0 Å². The molecule has 0 radical (unpaired) electrons. The van der Waals surface area contributed by atoms with Crippen molar-refractivity contribution in [1.82, 2.24) is 4.72 Å². The predicted octanol–water partition coefficient (Wildman–Crippen LogP) is 1.79. The molecule has 0 aromatic heterocycles. The van der Waals surface area contributed by atoms with E-state index in [4.69, 9.17) is 22.1 Å². The van der Waals surface area contributed by atoms with Gasteiger partial charge in [0.05, 0.1) is 22.7 Å². The lowest BCUT2D eigenvalue weighted by Gasteiger charge is -2.18. The zero-order valence-electron chi connectivity index (χ0n) is 9.73. The summed E-state index contributed by atoms with van der Waals surface area (Å²) in [7, 11) is -3.95. The highest BCUT2D eigenvalue weighted by Gasteiger charge is 2.27. The summed E-state index contributed by atoms with van der Waals surface area (Å²) in [6.45, 7) is 2.85. The van der Waals surface area contributed by atoms with Gasteiger partial charge in [0.1, 0.15) is 10.4 Å². The van der Waals surface area contributed by atoms with Crippen LogP contribution in [0.1, 0.15) is 19.4 Å². The van der Waals surface area contributed by atoms with Crippen LogP contribution in [0.2, 0.25) is 5.02 Å². The lowest BCUT2D eigenvalue weighted by Crippen LogP contribution is -2.42. The van der Waals surface area contributed by atoms with Crippen molar-refractivity contribution in [3.63, 3.8) is 0 Å². The molecule has 0 bridgehead atoms. The molecule has 1 N–H and O–H groups in total. The number of halogens is 1. The number of hydrogen-bond donors (Lipinski definition) is 1. The Balaban J connectivity index is 3.31. The molecule has 0 spiro atoms. The fourth-order valence-electron chi connectivity index (χ4n) is 1.19. The van der Waals surface area contributed by atoms with Crippen LogP contribution in [0.15, 0.2) is 23.1 Å². The maximum Gasteiger partial charge on any atom is 0.243 e. The molecule has 0 aliphatic heterocycles. The van der Waals surface area contributed by atoms with Gasteiger partial charge in [-0.15, -0.1) is 0 Å². The highest BCUT2D eigenvalue weighted by atomic mass is 35.5. The summed E-state index contributed by atoms with van der Waals surface area (Å²) in [5, 5.41) is 17.5. The van der Waals surface area contributed by atoms with Crippen LogP contribution in [0, 0.1) is 22.7 Å². The maximum atomic E-state index is 12.0. The standard InChI is InChI=1S/C11H10ClN3O2S/c1-11(2,7-14)15-18(16,17)10-5-8(6-13)3-4-9(10)12/h3-5,15H,1-2H3. The van der Waals surface area contributed by atoms with Gasteiger partial charge in [-0.3, -0.25) is 0 Å². The Morgan fingerprint density at radius 3 is 2.44 bits per heavy atom. The van der Waals surface area contributed by atoms with Crippen LogP contribution in [-0.2, 0) is 10.0 Å². The molecule has 0 aliphatic carbocycles. The first-order valence-electron chi connectivity index (χ1n) is 4.87. The SMILES string of the molecule is CC(C)(C#N)NS(=O)(=O)c1cc(C#N)ccc1Cl. The summed E-state index contributed by atoms with van der Waals surface area (Å²) in [6.07, 6.45) is 0. The second-order valence-electron chi connectivity index (χ2n) is 4.10. The minimum Gasteiger partial charge on any atom is -0.207 e. The van der Waals surface area contributed by atoms with Gasteiger partial charge in [-0.05, 0) is 32.0 Å². The molecule has 7 heteroatoms. The fourth-order valence-corrected chi connectivity index (χ4v) is 3.05. The highest BCUT2D eigenvalue weighted by molar-refractivity contribution is 7.89. The molecule has 1 aromatic carbocycles. The molecule has 0 atom stereocenters. The van der Waals surface area contributed by atoms with Crippen molar-refractivity contribution in [3.05, 3.63) is 28.8 Å². The van der Waals surface area contributed by atoms with E-state index in [0.29, 0.717) is 0 Å². The Bertz CT molecular complexity index is 654. The Morgan fingerprint density at radius 2 is 1.94 bits per heavy atom. The van der Waals surface area contributed by atoms with E-state index in [2.05, 4.69) is 4.72 Å². The first-order valence-corrected chi connectivity index (χ1v) is 6.73. The van der Waals surface area contributed by atoms with E-state index in [9.17, 15) is 8.42 Å². The third kappa shape index (κ3) is 3.21. The van der Waals surface area contributed by atoms with Crippen LogP contribution < -0.4 is 4.72 Å². The van der Waals surface area contributed by atoms with Crippen LogP contribution in [-0.4, -0.2) is 14.0 Å². The second kappa shape index (κ2) is 4.95. The van der Waals surface area contributed by atoms with E-state index < -0.39 is 15.6 Å². The number of hydrogen-bond acceptors (Lipinski definition) is 4. The van der Waals surface area contributed by atoms with Crippen molar-refractivity contribution in [2.24, 2.45) is 0 Å². The van der Waals surface area contributed by atoms with Gasteiger partial charge in [0.25, 0.3) is 0 Å². The summed E-state index contributed by atoms with van der Waals surface area (Å²) in [4.78, 5) is -0.216. The Kier molecular flexibility index (Phi) is 3.98. The molecule has 1 rings (SSSR count). The van der Waals surface area contributed by atoms with Gasteiger partial charge in [-0.2, -0.15) is 15.2 Å². The van der Waals surface area contributed by atoms with E-state index in [0.717, 1.165) is 6.07 Å². The van der Waals surface area contributed by atoms with Gasteiger partial charge >= 0.3 is 0 Å². The molecular weight excluding hydrogens is 274 g/mol. The zero-order valence-corrected chi connectivity index (χ0v) is 11.3. The Hall–Kier alpha value is -1.60. The number of sulfonamides is 1. The van der Waals surface area contributed by atoms with E-state index in [-0.39, 0.29) is 15.5 Å². The van der Waals surface area contributed by atoms with Gasteiger partial charge in [-0.25, -0.2) is 8.42 Å². The second-order valence-corrected chi connectivity index (χ2v) is 6.16. The van der Waals surface area contributed by atoms with Crippen LogP contribution in [0.4, 0.5) is 0 Å². The summed E-state index contributed by atoms with van der Waals surface area (Å²) in [6, 6.07) is 7.55. The van der Waals surface area contributed by atoms with Crippen molar-refractivity contribution in [2.75, 3.05) is 0 Å². The Labute approximate surface area is 111 Å². The monoisotopic (exact) mass is 283 g/mol. The first kappa shape index (κ1) is 14.5. The molecule has 5 nitrogen and oxygen atoms in total.